The van der Waals surface area contributed by atoms with Gasteiger partial charge in [0.15, 0.2) is 0 Å². The molecule has 0 radical (unpaired) electrons. The minimum Gasteiger partial charge on any atom is -0.379 e. The summed E-state index contributed by atoms with van der Waals surface area (Å²) in [6, 6.07) is 12.1. The molecular weight excluding hydrogens is 420 g/mol. The van der Waals surface area contributed by atoms with Crippen molar-refractivity contribution in [2.24, 2.45) is 5.92 Å². The van der Waals surface area contributed by atoms with Gasteiger partial charge in [-0.2, -0.15) is 0 Å². The monoisotopic (exact) mass is 450 g/mol. The molecule has 2 N–H and O–H groups in total. The standard InChI is InChI=1S/C26H31ClN4O/c1-17-18(2)31(16-20-3-4-20)25-23(17)13-21(26(32)30-11-9-28-10-12-30)14-24(25)29-15-19-5-7-22(27)8-6-19/h5-8,13-14,20,28-29H,3-4,9-12,15-16H2,1-2H3. The summed E-state index contributed by atoms with van der Waals surface area (Å²) in [5, 5.41) is 8.90. The lowest BCUT2D eigenvalue weighted by molar-refractivity contribution is 0.0736. The third-order valence-corrected chi connectivity index (χ3v) is 7.17. The van der Waals surface area contributed by atoms with Gasteiger partial charge in [-0.1, -0.05) is 23.7 Å². The number of hydrogen-bond acceptors (Lipinski definition) is 3. The third-order valence-electron chi connectivity index (χ3n) is 6.92. The number of nitrogens with zero attached hydrogens (tertiary/aromatic N) is 2. The molecule has 1 saturated heterocycles. The van der Waals surface area contributed by atoms with Crippen molar-refractivity contribution in [3.05, 3.63) is 63.8 Å². The molecule has 5 rings (SSSR count). The molecule has 1 aliphatic heterocycles. The van der Waals surface area contributed by atoms with Crippen molar-refractivity contribution in [2.45, 2.75) is 39.8 Å². The Kier molecular flexibility index (Phi) is 5.87. The van der Waals surface area contributed by atoms with E-state index in [2.05, 4.69) is 41.2 Å². The van der Waals surface area contributed by atoms with E-state index in [1.54, 1.807) is 0 Å². The number of hydrogen-bond donors (Lipinski definition) is 2. The SMILES string of the molecule is Cc1c(C)n(CC2CC2)c2c(NCc3ccc(Cl)cc3)cc(C(=O)N3CCNCC3)cc12. The first-order valence-electron chi connectivity index (χ1n) is 11.6. The number of rotatable bonds is 6. The van der Waals surface area contributed by atoms with Crippen LogP contribution in [0.15, 0.2) is 36.4 Å². The Morgan fingerprint density at radius 2 is 1.84 bits per heavy atom. The second-order valence-corrected chi connectivity index (χ2v) is 9.64. The molecule has 0 atom stereocenters. The van der Waals surface area contributed by atoms with Crippen LogP contribution >= 0.6 is 11.6 Å². The Labute approximate surface area is 194 Å². The zero-order valence-corrected chi connectivity index (χ0v) is 19.6. The number of anilines is 1. The van der Waals surface area contributed by atoms with Crippen molar-refractivity contribution in [2.75, 3.05) is 31.5 Å². The van der Waals surface area contributed by atoms with Crippen LogP contribution in [0.2, 0.25) is 5.02 Å². The van der Waals surface area contributed by atoms with Crippen molar-refractivity contribution in [3.8, 4) is 0 Å². The van der Waals surface area contributed by atoms with Crippen molar-refractivity contribution in [1.29, 1.82) is 0 Å². The van der Waals surface area contributed by atoms with Crippen molar-refractivity contribution in [1.82, 2.24) is 14.8 Å². The third kappa shape index (κ3) is 4.24. The topological polar surface area (TPSA) is 49.3 Å². The zero-order chi connectivity index (χ0) is 22.2. The molecule has 6 heteroatoms. The van der Waals surface area contributed by atoms with E-state index in [0.717, 1.165) is 60.5 Å². The van der Waals surface area contributed by atoms with E-state index in [1.807, 2.05) is 29.2 Å². The molecule has 1 aromatic heterocycles. The van der Waals surface area contributed by atoms with Crippen molar-refractivity contribution < 1.29 is 4.79 Å². The van der Waals surface area contributed by atoms with Crippen LogP contribution < -0.4 is 10.6 Å². The Hall–Kier alpha value is -2.50. The summed E-state index contributed by atoms with van der Waals surface area (Å²) < 4.78 is 2.46. The summed E-state index contributed by atoms with van der Waals surface area (Å²) in [6.45, 7) is 9.34. The molecule has 0 unspecified atom stereocenters. The Balaban J connectivity index is 1.55. The largest absolute Gasteiger partial charge is 0.379 e. The molecule has 168 valence electrons. The van der Waals surface area contributed by atoms with Crippen LogP contribution in [0.3, 0.4) is 0 Å². The van der Waals surface area contributed by atoms with Crippen LogP contribution in [-0.2, 0) is 13.1 Å². The highest BCUT2D eigenvalue weighted by Gasteiger charge is 2.26. The van der Waals surface area contributed by atoms with E-state index >= 15 is 0 Å². The number of nitrogens with one attached hydrogen (secondary N) is 2. The molecule has 1 amide bonds. The number of fused-ring (bicyclic) bond motifs is 1. The molecule has 1 aliphatic carbocycles. The van der Waals surface area contributed by atoms with Gasteiger partial charge >= 0.3 is 0 Å². The van der Waals surface area contributed by atoms with Crippen LogP contribution in [-0.4, -0.2) is 41.6 Å². The van der Waals surface area contributed by atoms with Gasteiger partial charge in [0.25, 0.3) is 5.91 Å². The predicted octanol–water partition coefficient (Wildman–Crippen LogP) is 4.98. The number of piperazine rings is 1. The van der Waals surface area contributed by atoms with Gasteiger partial charge in [0.1, 0.15) is 0 Å². The molecule has 2 aromatic carbocycles. The average molecular weight is 451 g/mol. The lowest BCUT2D eigenvalue weighted by Crippen LogP contribution is -2.46. The molecular formula is C26H31ClN4O. The van der Waals surface area contributed by atoms with Crippen LogP contribution in [0.5, 0.6) is 0 Å². The normalized spacial score (nSPS) is 16.5. The average Bonchev–Trinajstić information content (AvgIpc) is 3.61. The Morgan fingerprint density at radius 1 is 1.12 bits per heavy atom. The molecule has 0 spiro atoms. The molecule has 5 nitrogen and oxygen atoms in total. The quantitative estimate of drug-likeness (QED) is 0.556. The molecule has 3 aromatic rings. The van der Waals surface area contributed by atoms with Gasteiger partial charge < -0.3 is 20.1 Å². The number of carbonyl (C=O) groups is 1. The minimum atomic E-state index is 0.120. The number of carbonyl (C=O) groups excluding carboxylic acids is 1. The predicted molar refractivity (Wildman–Crippen MR) is 132 cm³/mol. The summed E-state index contributed by atoms with van der Waals surface area (Å²) in [6.07, 6.45) is 2.62. The zero-order valence-electron chi connectivity index (χ0n) is 18.9. The fourth-order valence-corrected chi connectivity index (χ4v) is 4.80. The maximum atomic E-state index is 13.3. The van der Waals surface area contributed by atoms with Crippen LogP contribution in [0, 0.1) is 19.8 Å². The van der Waals surface area contributed by atoms with E-state index in [0.29, 0.717) is 6.54 Å². The fourth-order valence-electron chi connectivity index (χ4n) is 4.67. The summed E-state index contributed by atoms with van der Waals surface area (Å²) in [5.41, 5.74) is 6.75. The van der Waals surface area contributed by atoms with E-state index < -0.39 is 0 Å². The smallest absolute Gasteiger partial charge is 0.254 e. The van der Waals surface area contributed by atoms with Crippen LogP contribution in [0.1, 0.15) is 40.0 Å². The maximum Gasteiger partial charge on any atom is 0.254 e. The summed E-state index contributed by atoms with van der Waals surface area (Å²) >= 11 is 6.06. The summed E-state index contributed by atoms with van der Waals surface area (Å²) in [4.78, 5) is 15.3. The van der Waals surface area contributed by atoms with Crippen molar-refractivity contribution in [3.63, 3.8) is 0 Å². The van der Waals surface area contributed by atoms with Crippen molar-refractivity contribution >= 4 is 34.1 Å². The van der Waals surface area contributed by atoms with Gasteiger partial charge in [0, 0.05) is 60.9 Å². The molecule has 32 heavy (non-hydrogen) atoms. The highest BCUT2D eigenvalue weighted by atomic mass is 35.5. The number of benzene rings is 2. The summed E-state index contributed by atoms with van der Waals surface area (Å²) in [7, 11) is 0. The maximum absolute atomic E-state index is 13.3. The highest BCUT2D eigenvalue weighted by Crippen LogP contribution is 2.38. The van der Waals surface area contributed by atoms with Crippen LogP contribution in [0.25, 0.3) is 10.9 Å². The fraction of sp³-hybridized carbons (Fsp3) is 0.423. The second kappa shape index (κ2) is 8.80. The van der Waals surface area contributed by atoms with E-state index in [1.165, 1.54) is 35.0 Å². The number of amides is 1. The molecule has 1 saturated carbocycles. The van der Waals surface area contributed by atoms with Gasteiger partial charge in [0.05, 0.1) is 11.2 Å². The molecule has 2 aliphatic rings. The van der Waals surface area contributed by atoms with E-state index in [-0.39, 0.29) is 5.91 Å². The Morgan fingerprint density at radius 3 is 2.53 bits per heavy atom. The lowest BCUT2D eigenvalue weighted by atomic mass is 10.1. The van der Waals surface area contributed by atoms with Gasteiger partial charge in [-0.3, -0.25) is 4.79 Å². The molecule has 2 heterocycles. The highest BCUT2D eigenvalue weighted by molar-refractivity contribution is 6.30. The number of halogens is 1. The molecule has 0 bridgehead atoms. The van der Waals surface area contributed by atoms with Crippen LogP contribution in [0.4, 0.5) is 5.69 Å². The Bertz CT molecular complexity index is 1140. The lowest BCUT2D eigenvalue weighted by Gasteiger charge is -2.27. The van der Waals surface area contributed by atoms with E-state index in [9.17, 15) is 4.79 Å². The van der Waals surface area contributed by atoms with Gasteiger partial charge in [0.2, 0.25) is 0 Å². The summed E-state index contributed by atoms with van der Waals surface area (Å²) in [5.74, 6) is 0.893. The van der Waals surface area contributed by atoms with Gasteiger partial charge in [-0.15, -0.1) is 0 Å². The first-order chi connectivity index (χ1) is 15.5. The first kappa shape index (κ1) is 21.4. The minimum absolute atomic E-state index is 0.120. The number of aryl methyl sites for hydroxylation is 1. The molecule has 2 fully saturated rings. The van der Waals surface area contributed by atoms with Gasteiger partial charge in [-0.05, 0) is 68.0 Å². The number of aromatic nitrogens is 1. The van der Waals surface area contributed by atoms with E-state index in [4.69, 9.17) is 11.6 Å². The van der Waals surface area contributed by atoms with Gasteiger partial charge in [-0.25, -0.2) is 0 Å². The second-order valence-electron chi connectivity index (χ2n) is 9.21. The first-order valence-corrected chi connectivity index (χ1v) is 12.0.